The zero-order valence-corrected chi connectivity index (χ0v) is 23.0. The van der Waals surface area contributed by atoms with Gasteiger partial charge in [-0.15, -0.1) is 0 Å². The average Bonchev–Trinajstić information content (AvgIpc) is 3.32. The van der Waals surface area contributed by atoms with Gasteiger partial charge >= 0.3 is 0 Å². The number of anilines is 1. The Kier molecular flexibility index (Phi) is 10.1. The first-order valence-corrected chi connectivity index (χ1v) is 13.3. The number of rotatable bonds is 6. The standard InChI is InChI=1S/C24H30F3N3O.C5H9NO2/c1-23(2,3)16-7-9-18(10-8-16)30(4)20(19-6-5-15-28-21(19)25)22(31)29-17-11-13-24(26,27)14-12-17;7-3-4-1-5(8)2-6-4/h5-10,15,17,20H,11-14H2,1-4H3,(H,29,31);3-6,8H,1-2H2. The Hall–Kier alpha value is -2.98. The van der Waals surface area contributed by atoms with E-state index in [1.807, 2.05) is 24.3 Å². The van der Waals surface area contributed by atoms with Gasteiger partial charge in [-0.3, -0.25) is 4.79 Å². The Morgan fingerprint density at radius 1 is 1.21 bits per heavy atom. The number of hydrogen-bond donors (Lipinski definition) is 3. The predicted octanol–water partition coefficient (Wildman–Crippen LogP) is 4.30. The largest absolute Gasteiger partial charge is 0.392 e. The second kappa shape index (κ2) is 12.9. The van der Waals surface area contributed by atoms with Gasteiger partial charge in [0.25, 0.3) is 0 Å². The van der Waals surface area contributed by atoms with Gasteiger partial charge in [0.05, 0.1) is 12.1 Å². The van der Waals surface area contributed by atoms with Crippen molar-refractivity contribution in [2.24, 2.45) is 0 Å². The molecule has 1 aliphatic heterocycles. The highest BCUT2D eigenvalue weighted by Crippen LogP contribution is 2.34. The number of halogens is 3. The number of aromatic nitrogens is 1. The molecular formula is C29H39F3N4O3. The first-order chi connectivity index (χ1) is 18.3. The van der Waals surface area contributed by atoms with Crippen LogP contribution in [0.25, 0.3) is 0 Å². The fourth-order valence-corrected chi connectivity index (χ4v) is 4.79. The van der Waals surface area contributed by atoms with Gasteiger partial charge in [-0.1, -0.05) is 39.0 Å². The molecule has 10 heteroatoms. The van der Waals surface area contributed by atoms with Crippen molar-refractivity contribution < 1.29 is 27.9 Å². The molecule has 3 unspecified atom stereocenters. The summed E-state index contributed by atoms with van der Waals surface area (Å²) in [6, 6.07) is 9.45. The Bertz CT molecular complexity index is 1100. The number of hydrogen-bond acceptors (Lipinski definition) is 6. The molecule has 2 aromatic rings. The third kappa shape index (κ3) is 8.50. The number of β-amino-alcohol motifs (C(OH)–C–C–N with tert-alkyl or cyclic N) is 1. The molecule has 1 saturated carbocycles. The maximum atomic E-state index is 14.6. The minimum Gasteiger partial charge on any atom is -0.392 e. The van der Waals surface area contributed by atoms with Crippen LogP contribution in [0.2, 0.25) is 0 Å². The van der Waals surface area contributed by atoms with Crippen LogP contribution in [0.5, 0.6) is 0 Å². The fraction of sp³-hybridized carbons (Fsp3) is 0.552. The third-order valence-electron chi connectivity index (χ3n) is 7.23. The van der Waals surface area contributed by atoms with Crippen LogP contribution in [-0.2, 0) is 15.0 Å². The van der Waals surface area contributed by atoms with E-state index in [4.69, 9.17) is 5.11 Å². The second-order valence-corrected chi connectivity index (χ2v) is 11.4. The van der Waals surface area contributed by atoms with E-state index in [1.54, 1.807) is 18.0 Å². The molecule has 1 aromatic heterocycles. The topological polar surface area (TPSA) is 94.6 Å². The summed E-state index contributed by atoms with van der Waals surface area (Å²) in [5.74, 6) is -3.83. The van der Waals surface area contributed by atoms with Crippen LogP contribution >= 0.6 is 0 Å². The summed E-state index contributed by atoms with van der Waals surface area (Å²) in [6.07, 6.45) is 2.30. The molecule has 2 aliphatic rings. The molecule has 7 nitrogen and oxygen atoms in total. The van der Waals surface area contributed by atoms with Crippen LogP contribution in [0.15, 0.2) is 42.6 Å². The number of nitrogens with zero attached hydrogens (tertiary/aromatic N) is 2. The normalized spacial score (nSPS) is 21.8. The van der Waals surface area contributed by atoms with E-state index >= 15 is 0 Å². The summed E-state index contributed by atoms with van der Waals surface area (Å²) < 4.78 is 41.5. The van der Waals surface area contributed by atoms with Gasteiger partial charge in [0.1, 0.15) is 12.3 Å². The van der Waals surface area contributed by atoms with Gasteiger partial charge in [0, 0.05) is 49.9 Å². The first-order valence-electron chi connectivity index (χ1n) is 13.3. The molecule has 3 atom stereocenters. The van der Waals surface area contributed by atoms with Crippen molar-refractivity contribution in [1.82, 2.24) is 15.6 Å². The molecule has 1 aromatic carbocycles. The summed E-state index contributed by atoms with van der Waals surface area (Å²) in [4.78, 5) is 28.6. The van der Waals surface area contributed by atoms with E-state index in [1.165, 1.54) is 12.3 Å². The molecular weight excluding hydrogens is 509 g/mol. The quantitative estimate of drug-likeness (QED) is 0.368. The van der Waals surface area contributed by atoms with Crippen molar-refractivity contribution in [2.45, 2.75) is 88.4 Å². The van der Waals surface area contributed by atoms with Crippen molar-refractivity contribution in [3.63, 3.8) is 0 Å². The maximum absolute atomic E-state index is 14.6. The number of carbonyl (C=O) groups is 2. The van der Waals surface area contributed by atoms with Gasteiger partial charge in [-0.2, -0.15) is 4.39 Å². The molecule has 1 amide bonds. The van der Waals surface area contributed by atoms with Gasteiger partial charge < -0.3 is 25.4 Å². The summed E-state index contributed by atoms with van der Waals surface area (Å²) in [5, 5.41) is 14.5. The van der Waals surface area contributed by atoms with Crippen molar-refractivity contribution in [3.05, 3.63) is 59.7 Å². The smallest absolute Gasteiger partial charge is 0.248 e. The lowest BCUT2D eigenvalue weighted by molar-refractivity contribution is -0.124. The van der Waals surface area contributed by atoms with Crippen LogP contribution in [0.1, 0.15) is 70.0 Å². The molecule has 0 bridgehead atoms. The highest BCUT2D eigenvalue weighted by Gasteiger charge is 2.37. The number of amides is 1. The summed E-state index contributed by atoms with van der Waals surface area (Å²) >= 11 is 0. The van der Waals surface area contributed by atoms with E-state index < -0.39 is 23.8 Å². The number of benzene rings is 1. The molecule has 3 N–H and O–H groups in total. The molecule has 214 valence electrons. The fourth-order valence-electron chi connectivity index (χ4n) is 4.79. The van der Waals surface area contributed by atoms with E-state index in [2.05, 4.69) is 36.4 Å². The molecule has 4 rings (SSSR count). The molecule has 0 spiro atoms. The van der Waals surface area contributed by atoms with Crippen molar-refractivity contribution in [2.75, 3.05) is 18.5 Å². The molecule has 39 heavy (non-hydrogen) atoms. The summed E-state index contributed by atoms with van der Waals surface area (Å²) in [6.45, 7) is 6.89. The lowest BCUT2D eigenvalue weighted by Gasteiger charge is -2.33. The van der Waals surface area contributed by atoms with Crippen LogP contribution < -0.4 is 15.5 Å². The molecule has 1 saturated heterocycles. The number of alkyl halides is 2. The Balaban J connectivity index is 0.000000449. The highest BCUT2D eigenvalue weighted by atomic mass is 19.3. The maximum Gasteiger partial charge on any atom is 0.248 e. The zero-order chi connectivity index (χ0) is 28.8. The number of pyridine rings is 1. The SMILES string of the molecule is CN(c1ccc(C(C)(C)C)cc1)C(C(=O)NC1CCC(F)(F)CC1)c1cccnc1F.O=CC1CC(O)CN1. The molecule has 1 aliphatic carbocycles. The van der Waals surface area contributed by atoms with Crippen molar-refractivity contribution >= 4 is 17.9 Å². The van der Waals surface area contributed by atoms with Gasteiger partial charge in [0.15, 0.2) is 0 Å². The highest BCUT2D eigenvalue weighted by molar-refractivity contribution is 5.86. The Labute approximate surface area is 228 Å². The minimum atomic E-state index is -2.68. The van der Waals surface area contributed by atoms with Gasteiger partial charge in [-0.25, -0.2) is 13.8 Å². The minimum absolute atomic E-state index is 0.0214. The van der Waals surface area contributed by atoms with Crippen LogP contribution in [0, 0.1) is 5.95 Å². The summed E-state index contributed by atoms with van der Waals surface area (Å²) in [7, 11) is 1.72. The second-order valence-electron chi connectivity index (χ2n) is 11.4. The number of likely N-dealkylation sites (N-methyl/N-ethyl adjacent to an activating group) is 1. The molecule has 2 heterocycles. The van der Waals surface area contributed by atoms with E-state index in [0.717, 1.165) is 17.5 Å². The third-order valence-corrected chi connectivity index (χ3v) is 7.23. The Morgan fingerprint density at radius 3 is 2.33 bits per heavy atom. The monoisotopic (exact) mass is 548 g/mol. The molecule has 2 fully saturated rings. The lowest BCUT2D eigenvalue weighted by atomic mass is 9.87. The van der Waals surface area contributed by atoms with Crippen molar-refractivity contribution in [3.8, 4) is 0 Å². The zero-order valence-electron chi connectivity index (χ0n) is 23.0. The predicted molar refractivity (Wildman–Crippen MR) is 144 cm³/mol. The number of aldehydes is 1. The number of aliphatic hydroxyl groups excluding tert-OH is 1. The van der Waals surface area contributed by atoms with E-state index in [-0.39, 0.29) is 54.8 Å². The van der Waals surface area contributed by atoms with Crippen LogP contribution in [0.3, 0.4) is 0 Å². The summed E-state index contributed by atoms with van der Waals surface area (Å²) in [5.41, 5.74) is 2.00. The van der Waals surface area contributed by atoms with E-state index in [0.29, 0.717) is 13.0 Å². The van der Waals surface area contributed by atoms with Gasteiger partial charge in [-0.05, 0) is 48.4 Å². The number of nitrogens with one attached hydrogen (secondary N) is 2. The average molecular weight is 549 g/mol. The van der Waals surface area contributed by atoms with Crippen LogP contribution in [-0.4, -0.2) is 60.0 Å². The molecule has 0 radical (unpaired) electrons. The first kappa shape index (κ1) is 30.6. The van der Waals surface area contributed by atoms with E-state index in [9.17, 15) is 22.8 Å². The lowest BCUT2D eigenvalue weighted by Crippen LogP contribution is -2.46. The number of aliphatic hydroxyl groups is 1. The van der Waals surface area contributed by atoms with Gasteiger partial charge in [0.2, 0.25) is 17.8 Å². The number of carbonyl (C=O) groups excluding carboxylic acids is 2. The van der Waals surface area contributed by atoms with Crippen molar-refractivity contribution in [1.29, 1.82) is 0 Å². The van der Waals surface area contributed by atoms with Crippen LogP contribution in [0.4, 0.5) is 18.9 Å². The Morgan fingerprint density at radius 2 is 1.85 bits per heavy atom.